The van der Waals surface area contributed by atoms with E-state index in [1.807, 2.05) is 6.07 Å². The first-order valence-electron chi connectivity index (χ1n) is 6.18. The molecule has 0 bridgehead atoms. The molecule has 0 aromatic heterocycles. The second kappa shape index (κ2) is 6.91. The number of carbonyl (C=O) groups is 1. The molecular weight excluding hydrogens is 279 g/mol. The van der Waals surface area contributed by atoms with Crippen LogP contribution in [0.1, 0.15) is 5.56 Å². The zero-order valence-electron chi connectivity index (χ0n) is 10.7. The van der Waals surface area contributed by atoms with E-state index in [1.165, 1.54) is 12.1 Å². The van der Waals surface area contributed by atoms with Gasteiger partial charge in [-0.1, -0.05) is 23.7 Å². The van der Waals surface area contributed by atoms with Crippen LogP contribution in [-0.4, -0.2) is 12.6 Å². The topological polar surface area (TPSA) is 41.1 Å². The summed E-state index contributed by atoms with van der Waals surface area (Å²) in [5, 5.41) is 6.01. The van der Waals surface area contributed by atoms with Gasteiger partial charge in [0.2, 0.25) is 0 Å². The molecule has 0 radical (unpaired) electrons. The monoisotopic (exact) mass is 292 g/mol. The summed E-state index contributed by atoms with van der Waals surface area (Å²) in [6, 6.07) is 12.9. The molecule has 2 aromatic carbocycles. The zero-order valence-corrected chi connectivity index (χ0v) is 11.5. The highest BCUT2D eigenvalue weighted by Gasteiger charge is 2.01. The number of benzene rings is 2. The van der Waals surface area contributed by atoms with Crippen LogP contribution < -0.4 is 10.6 Å². The molecule has 0 unspecified atom stereocenters. The van der Waals surface area contributed by atoms with Crippen molar-refractivity contribution in [3.05, 3.63) is 64.9 Å². The Balaban J connectivity index is 1.76. The molecule has 0 saturated carbocycles. The van der Waals surface area contributed by atoms with Gasteiger partial charge in [-0.25, -0.2) is 9.18 Å². The van der Waals surface area contributed by atoms with Crippen molar-refractivity contribution in [1.29, 1.82) is 0 Å². The Morgan fingerprint density at radius 3 is 2.60 bits per heavy atom. The molecule has 0 spiro atoms. The highest BCUT2D eigenvalue weighted by molar-refractivity contribution is 6.30. The third-order valence-corrected chi connectivity index (χ3v) is 2.94. The standard InChI is InChI=1S/C15H14ClFN2O/c16-12-4-6-14(7-5-12)19-15(20)18-9-8-11-2-1-3-13(17)10-11/h1-7,10H,8-9H2,(H2,18,19,20). The number of hydrogen-bond donors (Lipinski definition) is 2. The van der Waals surface area contributed by atoms with Crippen molar-refractivity contribution in [3.63, 3.8) is 0 Å². The summed E-state index contributed by atoms with van der Waals surface area (Å²) in [6.07, 6.45) is 0.575. The normalized spacial score (nSPS) is 10.1. The van der Waals surface area contributed by atoms with Crippen molar-refractivity contribution in [3.8, 4) is 0 Å². The lowest BCUT2D eigenvalue weighted by molar-refractivity contribution is 0.252. The maximum Gasteiger partial charge on any atom is 0.319 e. The van der Waals surface area contributed by atoms with Crippen LogP contribution in [0.2, 0.25) is 5.02 Å². The third-order valence-electron chi connectivity index (χ3n) is 2.69. The van der Waals surface area contributed by atoms with Crippen LogP contribution in [0.4, 0.5) is 14.9 Å². The minimum Gasteiger partial charge on any atom is -0.338 e. The summed E-state index contributed by atoms with van der Waals surface area (Å²) >= 11 is 5.75. The van der Waals surface area contributed by atoms with Crippen LogP contribution in [0.5, 0.6) is 0 Å². The van der Waals surface area contributed by atoms with E-state index in [-0.39, 0.29) is 11.8 Å². The zero-order chi connectivity index (χ0) is 14.4. The summed E-state index contributed by atoms with van der Waals surface area (Å²) in [5.41, 5.74) is 1.51. The lowest BCUT2D eigenvalue weighted by Gasteiger charge is -2.07. The van der Waals surface area contributed by atoms with Gasteiger partial charge in [0.05, 0.1) is 0 Å². The van der Waals surface area contributed by atoms with Gasteiger partial charge in [0, 0.05) is 17.3 Å². The summed E-state index contributed by atoms with van der Waals surface area (Å²) in [6.45, 7) is 0.433. The highest BCUT2D eigenvalue weighted by atomic mass is 35.5. The number of halogens is 2. The molecule has 0 aliphatic carbocycles. The average molecular weight is 293 g/mol. The first-order chi connectivity index (χ1) is 9.63. The first-order valence-corrected chi connectivity index (χ1v) is 6.56. The van der Waals surface area contributed by atoms with Gasteiger partial charge in [0.15, 0.2) is 0 Å². The first kappa shape index (κ1) is 14.3. The van der Waals surface area contributed by atoms with Gasteiger partial charge in [0.25, 0.3) is 0 Å². The van der Waals surface area contributed by atoms with Gasteiger partial charge in [-0.2, -0.15) is 0 Å². The summed E-state index contributed by atoms with van der Waals surface area (Å²) < 4.78 is 13.0. The fraction of sp³-hybridized carbons (Fsp3) is 0.133. The van der Waals surface area contributed by atoms with Crippen molar-refractivity contribution in [2.45, 2.75) is 6.42 Å². The number of amides is 2. The third kappa shape index (κ3) is 4.55. The highest BCUT2D eigenvalue weighted by Crippen LogP contribution is 2.13. The van der Waals surface area contributed by atoms with E-state index in [2.05, 4.69) is 10.6 Å². The number of nitrogens with one attached hydrogen (secondary N) is 2. The van der Waals surface area contributed by atoms with E-state index in [4.69, 9.17) is 11.6 Å². The number of hydrogen-bond acceptors (Lipinski definition) is 1. The maximum atomic E-state index is 13.0. The van der Waals surface area contributed by atoms with Crippen molar-refractivity contribution in [2.75, 3.05) is 11.9 Å². The molecule has 0 fully saturated rings. The molecular formula is C15H14ClFN2O. The lowest BCUT2D eigenvalue weighted by atomic mass is 10.1. The quantitative estimate of drug-likeness (QED) is 0.883. The Labute approximate surface area is 121 Å². The van der Waals surface area contributed by atoms with Crippen molar-refractivity contribution < 1.29 is 9.18 Å². The summed E-state index contributed by atoms with van der Waals surface area (Å²) in [7, 11) is 0. The second-order valence-electron chi connectivity index (χ2n) is 4.27. The van der Waals surface area contributed by atoms with Gasteiger partial charge in [-0.05, 0) is 48.4 Å². The smallest absolute Gasteiger partial charge is 0.319 e. The molecule has 0 atom stereocenters. The van der Waals surface area contributed by atoms with E-state index < -0.39 is 0 Å². The van der Waals surface area contributed by atoms with Crippen LogP contribution in [0, 0.1) is 5.82 Å². The van der Waals surface area contributed by atoms with Gasteiger partial charge in [-0.3, -0.25) is 0 Å². The largest absolute Gasteiger partial charge is 0.338 e. The molecule has 2 amide bonds. The van der Waals surface area contributed by atoms with Crippen molar-refractivity contribution in [2.24, 2.45) is 0 Å². The Morgan fingerprint density at radius 1 is 1.15 bits per heavy atom. The summed E-state index contributed by atoms with van der Waals surface area (Å²) in [5.74, 6) is -0.270. The molecule has 2 N–H and O–H groups in total. The van der Waals surface area contributed by atoms with Crippen molar-refractivity contribution in [1.82, 2.24) is 5.32 Å². The predicted molar refractivity (Wildman–Crippen MR) is 78.6 cm³/mol. The molecule has 0 saturated heterocycles. The van der Waals surface area contributed by atoms with Crippen molar-refractivity contribution >= 4 is 23.3 Å². The minimum atomic E-state index is -0.302. The number of urea groups is 1. The Kier molecular flexibility index (Phi) is 4.96. The molecule has 0 aliphatic rings. The predicted octanol–water partition coefficient (Wildman–Crippen LogP) is 3.84. The van der Waals surface area contributed by atoms with E-state index >= 15 is 0 Å². The molecule has 104 valence electrons. The minimum absolute atomic E-state index is 0.270. The number of carbonyl (C=O) groups excluding carboxylic acids is 1. The molecule has 3 nitrogen and oxygen atoms in total. The Bertz CT molecular complexity index is 587. The van der Waals surface area contributed by atoms with E-state index in [0.29, 0.717) is 23.7 Å². The fourth-order valence-electron chi connectivity index (χ4n) is 1.72. The van der Waals surface area contributed by atoms with Crippen LogP contribution in [-0.2, 0) is 6.42 Å². The molecule has 0 heterocycles. The second-order valence-corrected chi connectivity index (χ2v) is 4.70. The number of rotatable bonds is 4. The molecule has 20 heavy (non-hydrogen) atoms. The average Bonchev–Trinajstić information content (AvgIpc) is 2.41. The Hall–Kier alpha value is -2.07. The summed E-state index contributed by atoms with van der Waals surface area (Å²) in [4.78, 5) is 11.6. The van der Waals surface area contributed by atoms with E-state index in [0.717, 1.165) is 5.56 Å². The van der Waals surface area contributed by atoms with Gasteiger partial charge in [-0.15, -0.1) is 0 Å². The van der Waals surface area contributed by atoms with Crippen LogP contribution in [0.25, 0.3) is 0 Å². The SMILES string of the molecule is O=C(NCCc1cccc(F)c1)Nc1ccc(Cl)cc1. The lowest BCUT2D eigenvalue weighted by Crippen LogP contribution is -2.30. The maximum absolute atomic E-state index is 13.0. The van der Waals surface area contributed by atoms with E-state index in [9.17, 15) is 9.18 Å². The van der Waals surface area contributed by atoms with E-state index in [1.54, 1.807) is 30.3 Å². The molecule has 2 aromatic rings. The Morgan fingerprint density at radius 2 is 1.90 bits per heavy atom. The molecule has 0 aliphatic heterocycles. The fourth-order valence-corrected chi connectivity index (χ4v) is 1.85. The number of anilines is 1. The van der Waals surface area contributed by atoms with Crippen LogP contribution in [0.15, 0.2) is 48.5 Å². The molecule has 5 heteroatoms. The van der Waals surface area contributed by atoms with Gasteiger partial charge < -0.3 is 10.6 Å². The van der Waals surface area contributed by atoms with Crippen LogP contribution >= 0.6 is 11.6 Å². The van der Waals surface area contributed by atoms with Gasteiger partial charge >= 0.3 is 6.03 Å². The van der Waals surface area contributed by atoms with Gasteiger partial charge in [0.1, 0.15) is 5.82 Å². The van der Waals surface area contributed by atoms with Crippen LogP contribution in [0.3, 0.4) is 0 Å². The molecule has 2 rings (SSSR count).